The number of hydrogen-bond acceptors (Lipinski definition) is 6. The molecule has 0 saturated carbocycles. The van der Waals surface area contributed by atoms with E-state index in [1.807, 2.05) is 12.1 Å². The van der Waals surface area contributed by atoms with Gasteiger partial charge in [0, 0.05) is 11.8 Å². The molecule has 140 valence electrons. The van der Waals surface area contributed by atoms with E-state index >= 15 is 0 Å². The number of methoxy groups -OCH3 is 1. The van der Waals surface area contributed by atoms with E-state index in [0.717, 1.165) is 0 Å². The molecular formula is C22H15N5O2. The highest BCUT2D eigenvalue weighted by molar-refractivity contribution is 5.73. The summed E-state index contributed by atoms with van der Waals surface area (Å²) in [6.07, 6.45) is 1.56. The van der Waals surface area contributed by atoms with Gasteiger partial charge >= 0.3 is 0 Å². The lowest BCUT2D eigenvalue weighted by Crippen LogP contribution is -2.24. The van der Waals surface area contributed by atoms with Crippen molar-refractivity contribution in [1.29, 1.82) is 5.26 Å². The monoisotopic (exact) mass is 381 g/mol. The van der Waals surface area contributed by atoms with E-state index in [1.54, 1.807) is 67.9 Å². The van der Waals surface area contributed by atoms with Crippen LogP contribution in [-0.4, -0.2) is 27.1 Å². The van der Waals surface area contributed by atoms with E-state index in [2.05, 4.69) is 21.4 Å². The van der Waals surface area contributed by atoms with E-state index in [-0.39, 0.29) is 5.56 Å². The van der Waals surface area contributed by atoms with Crippen LogP contribution in [0, 0.1) is 11.3 Å². The molecule has 0 aliphatic rings. The molecule has 4 aromatic rings. The van der Waals surface area contributed by atoms with Crippen molar-refractivity contribution in [2.45, 2.75) is 0 Å². The topological polar surface area (TPSA) is 93.7 Å². The average molecular weight is 381 g/mol. The number of rotatable bonds is 4. The van der Waals surface area contributed by atoms with Gasteiger partial charge in [-0.15, -0.1) is 5.10 Å². The third-order valence-electron chi connectivity index (χ3n) is 4.40. The molecule has 0 aliphatic heterocycles. The lowest BCUT2D eigenvalue weighted by molar-refractivity contribution is 0.416. The van der Waals surface area contributed by atoms with Crippen molar-refractivity contribution in [3.8, 4) is 40.0 Å². The van der Waals surface area contributed by atoms with Gasteiger partial charge in [0.15, 0.2) is 0 Å². The largest absolute Gasteiger partial charge is 0.496 e. The van der Waals surface area contributed by atoms with Crippen LogP contribution in [0.2, 0.25) is 0 Å². The number of nitrogens with zero attached hydrogens (tertiary/aromatic N) is 5. The molecule has 0 saturated heterocycles. The summed E-state index contributed by atoms with van der Waals surface area (Å²) in [5.74, 6) is 0.556. The summed E-state index contributed by atoms with van der Waals surface area (Å²) >= 11 is 0. The SMILES string of the molecule is COc1ccccc1-c1cc(-c2cccnn2)nn(-c2ccccc2C#N)c1=O. The molecule has 0 bridgehead atoms. The van der Waals surface area contributed by atoms with Crippen LogP contribution in [-0.2, 0) is 0 Å². The van der Waals surface area contributed by atoms with E-state index in [4.69, 9.17) is 4.74 Å². The zero-order valence-electron chi connectivity index (χ0n) is 15.5. The summed E-state index contributed by atoms with van der Waals surface area (Å²) in [6, 6.07) is 21.3. The highest BCUT2D eigenvalue weighted by atomic mass is 16.5. The smallest absolute Gasteiger partial charge is 0.279 e. The maximum absolute atomic E-state index is 13.4. The van der Waals surface area contributed by atoms with Crippen LogP contribution in [0.1, 0.15) is 5.56 Å². The molecule has 7 nitrogen and oxygen atoms in total. The average Bonchev–Trinajstić information content (AvgIpc) is 2.80. The first-order chi connectivity index (χ1) is 14.2. The molecular weight excluding hydrogens is 366 g/mol. The molecule has 0 aliphatic carbocycles. The van der Waals surface area contributed by atoms with Crippen molar-refractivity contribution in [2.75, 3.05) is 7.11 Å². The van der Waals surface area contributed by atoms with Gasteiger partial charge in [0.25, 0.3) is 5.56 Å². The van der Waals surface area contributed by atoms with Crippen molar-refractivity contribution in [3.05, 3.63) is 88.8 Å². The van der Waals surface area contributed by atoms with Crippen LogP contribution in [0.4, 0.5) is 0 Å². The Kier molecular flexibility index (Phi) is 4.82. The second-order valence-corrected chi connectivity index (χ2v) is 6.10. The van der Waals surface area contributed by atoms with Gasteiger partial charge < -0.3 is 4.74 Å². The molecule has 0 fully saturated rings. The summed E-state index contributed by atoms with van der Waals surface area (Å²) in [6.45, 7) is 0. The Morgan fingerprint density at radius 1 is 0.966 bits per heavy atom. The van der Waals surface area contributed by atoms with E-state index < -0.39 is 0 Å². The van der Waals surface area contributed by atoms with E-state index in [1.165, 1.54) is 4.68 Å². The Balaban J connectivity index is 2.07. The second-order valence-electron chi connectivity index (χ2n) is 6.10. The normalized spacial score (nSPS) is 10.3. The predicted molar refractivity (Wildman–Crippen MR) is 108 cm³/mol. The second kappa shape index (κ2) is 7.74. The van der Waals surface area contributed by atoms with Crippen LogP contribution in [0.3, 0.4) is 0 Å². The fourth-order valence-corrected chi connectivity index (χ4v) is 3.03. The predicted octanol–water partition coefficient (Wildman–Crippen LogP) is 3.24. The van der Waals surface area contributed by atoms with Crippen LogP contribution in [0.25, 0.3) is 28.2 Å². The third kappa shape index (κ3) is 3.35. The van der Waals surface area contributed by atoms with Crippen molar-refractivity contribution in [3.63, 3.8) is 0 Å². The molecule has 2 aromatic heterocycles. The number of aromatic nitrogens is 4. The molecule has 2 aromatic carbocycles. The van der Waals surface area contributed by atoms with E-state index in [9.17, 15) is 10.1 Å². The molecule has 29 heavy (non-hydrogen) atoms. The van der Waals surface area contributed by atoms with Gasteiger partial charge in [0.05, 0.1) is 23.9 Å². The van der Waals surface area contributed by atoms with Crippen molar-refractivity contribution in [2.24, 2.45) is 0 Å². The van der Waals surface area contributed by atoms with Crippen molar-refractivity contribution in [1.82, 2.24) is 20.0 Å². The Hall–Kier alpha value is -4.31. The third-order valence-corrected chi connectivity index (χ3v) is 4.40. The molecule has 2 heterocycles. The first-order valence-corrected chi connectivity index (χ1v) is 8.78. The molecule has 0 N–H and O–H groups in total. The summed E-state index contributed by atoms with van der Waals surface area (Å²) in [5.41, 5.74) is 2.32. The first kappa shape index (κ1) is 18.1. The lowest BCUT2D eigenvalue weighted by Gasteiger charge is -2.13. The quantitative estimate of drug-likeness (QED) is 0.539. The molecule has 0 radical (unpaired) electrons. The minimum absolute atomic E-state index is 0.337. The lowest BCUT2D eigenvalue weighted by atomic mass is 10.0. The fraction of sp³-hybridized carbons (Fsp3) is 0.0455. The van der Waals surface area contributed by atoms with E-state index in [0.29, 0.717) is 39.5 Å². The number of hydrogen-bond donors (Lipinski definition) is 0. The zero-order chi connectivity index (χ0) is 20.2. The zero-order valence-corrected chi connectivity index (χ0v) is 15.5. The summed E-state index contributed by atoms with van der Waals surface area (Å²) < 4.78 is 6.67. The molecule has 0 unspecified atom stereocenters. The van der Waals surface area contributed by atoms with Crippen molar-refractivity contribution >= 4 is 0 Å². The first-order valence-electron chi connectivity index (χ1n) is 8.78. The summed E-state index contributed by atoms with van der Waals surface area (Å²) in [7, 11) is 1.55. The Morgan fingerprint density at radius 3 is 2.52 bits per heavy atom. The molecule has 0 atom stereocenters. The number of benzene rings is 2. The van der Waals surface area contributed by atoms with Gasteiger partial charge in [-0.3, -0.25) is 4.79 Å². The van der Waals surface area contributed by atoms with Gasteiger partial charge in [0.1, 0.15) is 23.2 Å². The molecule has 0 amide bonds. The molecule has 7 heteroatoms. The number of nitriles is 1. The van der Waals surface area contributed by atoms with Crippen LogP contribution < -0.4 is 10.3 Å². The molecule has 0 spiro atoms. The molecule has 4 rings (SSSR count). The van der Waals surface area contributed by atoms with Gasteiger partial charge in [-0.25, -0.2) is 0 Å². The van der Waals surface area contributed by atoms with Gasteiger partial charge in [-0.05, 0) is 36.4 Å². The Bertz CT molecular complexity index is 1280. The number of para-hydroxylation sites is 2. The summed E-state index contributed by atoms with van der Waals surface area (Å²) in [4.78, 5) is 13.4. The van der Waals surface area contributed by atoms with Crippen LogP contribution in [0.15, 0.2) is 77.7 Å². The number of ether oxygens (including phenoxy) is 1. The Morgan fingerprint density at radius 2 is 1.76 bits per heavy atom. The standard InChI is InChI=1S/C22H15N5O2/c1-29-21-11-5-3-8-16(21)17-13-19(18-9-6-12-24-25-18)26-27(22(17)28)20-10-4-2-7-15(20)14-23/h2-13H,1H3. The van der Waals surface area contributed by atoms with Crippen molar-refractivity contribution < 1.29 is 4.74 Å². The maximum Gasteiger partial charge on any atom is 0.279 e. The maximum atomic E-state index is 13.4. The summed E-state index contributed by atoms with van der Waals surface area (Å²) in [5, 5.41) is 22.0. The minimum Gasteiger partial charge on any atom is -0.496 e. The van der Waals surface area contributed by atoms with Crippen LogP contribution >= 0.6 is 0 Å². The minimum atomic E-state index is -0.371. The van der Waals surface area contributed by atoms with Gasteiger partial charge in [0.2, 0.25) is 0 Å². The van der Waals surface area contributed by atoms with Gasteiger partial charge in [-0.2, -0.15) is 20.1 Å². The highest BCUT2D eigenvalue weighted by Crippen LogP contribution is 2.29. The fourth-order valence-electron chi connectivity index (χ4n) is 3.03. The van der Waals surface area contributed by atoms with Gasteiger partial charge in [-0.1, -0.05) is 30.3 Å². The van der Waals surface area contributed by atoms with Crippen LogP contribution in [0.5, 0.6) is 5.75 Å². The Labute approximate surface area is 166 Å². The highest BCUT2D eigenvalue weighted by Gasteiger charge is 2.18.